The summed E-state index contributed by atoms with van der Waals surface area (Å²) in [6.07, 6.45) is 1.21. The van der Waals surface area contributed by atoms with E-state index in [1.54, 1.807) is 17.5 Å². The second-order valence-corrected chi connectivity index (χ2v) is 7.02. The molecule has 1 aliphatic heterocycles. The number of carbonyl (C=O) groups is 2. The van der Waals surface area contributed by atoms with Crippen LogP contribution in [0.3, 0.4) is 0 Å². The first-order valence-corrected chi connectivity index (χ1v) is 9.61. The maximum atomic E-state index is 12.4. The summed E-state index contributed by atoms with van der Waals surface area (Å²) in [5.74, 6) is -0.748. The second-order valence-electron chi connectivity index (χ2n) is 6.07. The lowest BCUT2D eigenvalue weighted by Crippen LogP contribution is -2.36. The predicted molar refractivity (Wildman–Crippen MR) is 106 cm³/mol. The molecule has 8 nitrogen and oxygen atoms in total. The molecule has 1 saturated heterocycles. The first kappa shape index (κ1) is 18.2. The average Bonchev–Trinajstić information content (AvgIpc) is 3.41. The molecular formula is C19H18N4O4S. The SMILES string of the molecule is O=C(Nc1ccc(N2CCOCC2)cc1)c1coc(NC(=O)c2cccs2)n1. The van der Waals surface area contributed by atoms with Gasteiger partial charge >= 0.3 is 6.01 Å². The normalized spacial score (nSPS) is 13.9. The fourth-order valence-electron chi connectivity index (χ4n) is 2.77. The first-order valence-electron chi connectivity index (χ1n) is 8.73. The molecule has 4 rings (SSSR count). The highest BCUT2D eigenvalue weighted by molar-refractivity contribution is 7.12. The average molecular weight is 398 g/mol. The van der Waals surface area contributed by atoms with Gasteiger partial charge in [0.05, 0.1) is 18.1 Å². The van der Waals surface area contributed by atoms with E-state index in [2.05, 4.69) is 20.5 Å². The summed E-state index contributed by atoms with van der Waals surface area (Å²) < 4.78 is 10.5. The third kappa shape index (κ3) is 4.21. The molecule has 3 aromatic rings. The van der Waals surface area contributed by atoms with Crippen LogP contribution in [0, 0.1) is 0 Å². The molecule has 0 saturated carbocycles. The third-order valence-electron chi connectivity index (χ3n) is 4.20. The van der Waals surface area contributed by atoms with Crippen LogP contribution in [0.2, 0.25) is 0 Å². The van der Waals surface area contributed by atoms with Gasteiger partial charge in [0.1, 0.15) is 6.26 Å². The van der Waals surface area contributed by atoms with Crippen molar-refractivity contribution in [3.63, 3.8) is 0 Å². The molecule has 144 valence electrons. The summed E-state index contributed by atoms with van der Waals surface area (Å²) in [4.78, 5) is 31.1. The van der Waals surface area contributed by atoms with Crippen LogP contribution in [0.4, 0.5) is 17.4 Å². The lowest BCUT2D eigenvalue weighted by molar-refractivity contribution is 0.101. The van der Waals surface area contributed by atoms with Crippen molar-refractivity contribution in [1.82, 2.24) is 4.98 Å². The minimum atomic E-state index is -0.417. The molecular weight excluding hydrogens is 380 g/mol. The number of ether oxygens (including phenoxy) is 1. The summed E-state index contributed by atoms with van der Waals surface area (Å²) in [6.45, 7) is 3.14. The Morgan fingerprint density at radius 3 is 2.54 bits per heavy atom. The molecule has 28 heavy (non-hydrogen) atoms. The van der Waals surface area contributed by atoms with E-state index in [1.165, 1.54) is 17.6 Å². The first-order chi connectivity index (χ1) is 13.7. The molecule has 2 aromatic heterocycles. The largest absolute Gasteiger partial charge is 0.431 e. The number of amides is 2. The van der Waals surface area contributed by atoms with E-state index in [4.69, 9.17) is 9.15 Å². The number of hydrogen-bond acceptors (Lipinski definition) is 7. The molecule has 0 bridgehead atoms. The summed E-state index contributed by atoms with van der Waals surface area (Å²) in [7, 11) is 0. The van der Waals surface area contributed by atoms with Gasteiger partial charge in [-0.15, -0.1) is 11.3 Å². The summed E-state index contributed by atoms with van der Waals surface area (Å²) in [6, 6.07) is 11.0. The Morgan fingerprint density at radius 2 is 1.82 bits per heavy atom. The maximum Gasteiger partial charge on any atom is 0.302 e. The third-order valence-corrected chi connectivity index (χ3v) is 5.07. The van der Waals surface area contributed by atoms with E-state index >= 15 is 0 Å². The van der Waals surface area contributed by atoms with Crippen LogP contribution in [-0.2, 0) is 4.74 Å². The van der Waals surface area contributed by atoms with Gasteiger partial charge in [-0.2, -0.15) is 4.98 Å². The number of aromatic nitrogens is 1. The standard InChI is InChI=1S/C19H18N4O4S/c24-17(15-12-27-19(21-15)22-18(25)16-2-1-11-28-16)20-13-3-5-14(6-4-13)23-7-9-26-10-8-23/h1-6,11-12H,7-10H2,(H,20,24)(H,21,22,25). The zero-order chi connectivity index (χ0) is 19.3. The van der Waals surface area contributed by atoms with Crippen LogP contribution in [0.15, 0.2) is 52.5 Å². The summed E-state index contributed by atoms with van der Waals surface area (Å²) >= 11 is 1.31. The Hall–Kier alpha value is -3.17. The number of nitrogens with zero attached hydrogens (tertiary/aromatic N) is 2. The van der Waals surface area contributed by atoms with Crippen molar-refractivity contribution in [2.24, 2.45) is 0 Å². The molecule has 1 aromatic carbocycles. The molecule has 0 aliphatic carbocycles. The molecule has 0 unspecified atom stereocenters. The molecule has 1 fully saturated rings. The van der Waals surface area contributed by atoms with Crippen molar-refractivity contribution in [2.45, 2.75) is 0 Å². The fourth-order valence-corrected chi connectivity index (χ4v) is 3.39. The Labute approximate surface area is 165 Å². The van der Waals surface area contributed by atoms with Gasteiger partial charge in [0.15, 0.2) is 5.69 Å². The van der Waals surface area contributed by atoms with Gasteiger partial charge in [-0.05, 0) is 35.7 Å². The van der Waals surface area contributed by atoms with Crippen molar-refractivity contribution >= 4 is 40.5 Å². The van der Waals surface area contributed by atoms with E-state index in [-0.39, 0.29) is 17.6 Å². The van der Waals surface area contributed by atoms with Gasteiger partial charge in [0, 0.05) is 24.5 Å². The van der Waals surface area contributed by atoms with Gasteiger partial charge in [-0.1, -0.05) is 6.07 Å². The van der Waals surface area contributed by atoms with Crippen LogP contribution >= 0.6 is 11.3 Å². The Bertz CT molecular complexity index is 947. The fraction of sp³-hybridized carbons (Fsp3) is 0.211. The predicted octanol–water partition coefficient (Wildman–Crippen LogP) is 3.08. The van der Waals surface area contributed by atoms with E-state index in [0.29, 0.717) is 10.6 Å². The van der Waals surface area contributed by atoms with Crippen molar-refractivity contribution < 1.29 is 18.7 Å². The quantitative estimate of drug-likeness (QED) is 0.686. The van der Waals surface area contributed by atoms with Crippen molar-refractivity contribution in [3.8, 4) is 0 Å². The highest BCUT2D eigenvalue weighted by atomic mass is 32.1. The van der Waals surface area contributed by atoms with Gasteiger partial charge in [0.2, 0.25) is 0 Å². The lowest BCUT2D eigenvalue weighted by atomic mass is 10.2. The molecule has 3 heterocycles. The Balaban J connectivity index is 1.36. The van der Waals surface area contributed by atoms with Crippen molar-refractivity contribution in [2.75, 3.05) is 41.8 Å². The van der Waals surface area contributed by atoms with Gasteiger partial charge in [-0.25, -0.2) is 0 Å². The number of morpholine rings is 1. The zero-order valence-electron chi connectivity index (χ0n) is 14.9. The summed E-state index contributed by atoms with van der Waals surface area (Å²) in [5.41, 5.74) is 1.81. The number of carbonyl (C=O) groups excluding carboxylic acids is 2. The van der Waals surface area contributed by atoms with E-state index < -0.39 is 5.91 Å². The maximum absolute atomic E-state index is 12.4. The molecule has 0 atom stereocenters. The zero-order valence-corrected chi connectivity index (χ0v) is 15.7. The number of hydrogen-bond donors (Lipinski definition) is 2. The van der Waals surface area contributed by atoms with E-state index in [0.717, 1.165) is 32.0 Å². The molecule has 1 aliphatic rings. The van der Waals surface area contributed by atoms with Crippen molar-refractivity contribution in [1.29, 1.82) is 0 Å². The van der Waals surface area contributed by atoms with Gasteiger partial charge in [-0.3, -0.25) is 14.9 Å². The minimum Gasteiger partial charge on any atom is -0.431 e. The minimum absolute atomic E-state index is 0.0220. The van der Waals surface area contributed by atoms with Crippen LogP contribution in [0.25, 0.3) is 0 Å². The number of anilines is 3. The van der Waals surface area contributed by atoms with Crippen molar-refractivity contribution in [3.05, 3.63) is 58.6 Å². The van der Waals surface area contributed by atoms with Crippen LogP contribution < -0.4 is 15.5 Å². The number of benzene rings is 1. The van der Waals surface area contributed by atoms with Crippen LogP contribution in [0.1, 0.15) is 20.2 Å². The summed E-state index contributed by atoms with van der Waals surface area (Å²) in [5, 5.41) is 7.09. The monoisotopic (exact) mass is 398 g/mol. The molecule has 9 heteroatoms. The molecule has 2 amide bonds. The highest BCUT2D eigenvalue weighted by Crippen LogP contribution is 2.20. The van der Waals surface area contributed by atoms with E-state index in [9.17, 15) is 9.59 Å². The van der Waals surface area contributed by atoms with Crippen LogP contribution in [-0.4, -0.2) is 43.1 Å². The molecule has 0 spiro atoms. The number of nitrogens with one attached hydrogen (secondary N) is 2. The topological polar surface area (TPSA) is 96.7 Å². The van der Waals surface area contributed by atoms with E-state index in [1.807, 2.05) is 24.3 Å². The highest BCUT2D eigenvalue weighted by Gasteiger charge is 2.16. The smallest absolute Gasteiger partial charge is 0.302 e. The van der Waals surface area contributed by atoms with Gasteiger partial charge in [0.25, 0.3) is 11.8 Å². The Morgan fingerprint density at radius 1 is 1.04 bits per heavy atom. The Kier molecular flexibility index (Phi) is 5.36. The molecule has 2 N–H and O–H groups in total. The molecule has 0 radical (unpaired) electrons. The number of thiophene rings is 1. The number of oxazole rings is 1. The van der Waals surface area contributed by atoms with Gasteiger partial charge < -0.3 is 19.4 Å². The number of rotatable bonds is 5. The van der Waals surface area contributed by atoms with Crippen LogP contribution in [0.5, 0.6) is 0 Å². The second kappa shape index (κ2) is 8.24. The lowest BCUT2D eigenvalue weighted by Gasteiger charge is -2.28.